The third-order valence-corrected chi connectivity index (χ3v) is 5.95. The highest BCUT2D eigenvalue weighted by atomic mass is 35.7. The van der Waals surface area contributed by atoms with Crippen LogP contribution in [-0.4, -0.2) is 52.4 Å². The molecule has 2 fully saturated rings. The van der Waals surface area contributed by atoms with Gasteiger partial charge in [-0.1, -0.05) is 0 Å². The lowest BCUT2D eigenvalue weighted by molar-refractivity contribution is -0.117. The van der Waals surface area contributed by atoms with Crippen LogP contribution in [0.1, 0.15) is 6.42 Å². The topological polar surface area (TPSA) is 66.9 Å². The van der Waals surface area contributed by atoms with Gasteiger partial charge in [-0.05, 0) is 18.2 Å². The zero-order valence-corrected chi connectivity index (χ0v) is 13.8. The molecule has 0 radical (unpaired) electrons. The highest BCUT2D eigenvalue weighted by Crippen LogP contribution is 2.30. The number of rotatable bonds is 3. The molecule has 1 aromatic rings. The predicted molar refractivity (Wildman–Crippen MR) is 85.0 cm³/mol. The quantitative estimate of drug-likeness (QED) is 0.759. The summed E-state index contributed by atoms with van der Waals surface area (Å²) in [5.41, 5.74) is 0.789. The van der Waals surface area contributed by atoms with E-state index in [9.17, 15) is 17.6 Å². The molecule has 1 aromatic carbocycles. The van der Waals surface area contributed by atoms with E-state index in [4.69, 9.17) is 15.4 Å². The second-order valence-electron chi connectivity index (χ2n) is 5.54. The van der Waals surface area contributed by atoms with Gasteiger partial charge in [0.2, 0.25) is 15.0 Å². The molecule has 2 aliphatic rings. The van der Waals surface area contributed by atoms with E-state index in [-0.39, 0.29) is 18.9 Å². The van der Waals surface area contributed by atoms with Crippen molar-refractivity contribution in [2.75, 3.05) is 42.6 Å². The predicted octanol–water partition coefficient (Wildman–Crippen LogP) is 1.34. The van der Waals surface area contributed by atoms with Crippen molar-refractivity contribution in [3.8, 4) is 0 Å². The first-order valence-electron chi connectivity index (χ1n) is 7.22. The van der Waals surface area contributed by atoms with Crippen LogP contribution in [0.4, 0.5) is 15.8 Å². The molecular formula is C14H16ClFN2O4S. The second-order valence-corrected chi connectivity index (χ2v) is 8.45. The molecule has 0 saturated carbocycles. The van der Waals surface area contributed by atoms with Gasteiger partial charge in [0.25, 0.3) is 0 Å². The number of carbonyl (C=O) groups is 1. The fourth-order valence-electron chi connectivity index (χ4n) is 2.84. The molecule has 0 aliphatic carbocycles. The van der Waals surface area contributed by atoms with Gasteiger partial charge in [-0.25, -0.2) is 12.8 Å². The van der Waals surface area contributed by atoms with E-state index in [2.05, 4.69) is 0 Å². The SMILES string of the molecule is O=C1CC(S(=O)(=O)Cl)CN1c1ccc(N2CCOCC2)c(F)c1. The Balaban J connectivity index is 1.81. The first-order valence-corrected chi connectivity index (χ1v) is 9.59. The van der Waals surface area contributed by atoms with Gasteiger partial charge < -0.3 is 14.5 Å². The normalized spacial score (nSPS) is 22.7. The number of hydrogen-bond donors (Lipinski definition) is 0. The minimum atomic E-state index is -3.82. The average molecular weight is 363 g/mol. The third kappa shape index (κ3) is 3.44. The van der Waals surface area contributed by atoms with Crippen molar-refractivity contribution in [3.05, 3.63) is 24.0 Å². The Morgan fingerprint density at radius 3 is 2.52 bits per heavy atom. The monoisotopic (exact) mass is 362 g/mol. The maximum atomic E-state index is 14.4. The number of benzene rings is 1. The molecule has 2 saturated heterocycles. The number of carbonyl (C=O) groups excluding carboxylic acids is 1. The number of anilines is 2. The molecule has 1 amide bonds. The Labute approximate surface area is 138 Å². The van der Waals surface area contributed by atoms with Crippen LogP contribution >= 0.6 is 10.7 Å². The van der Waals surface area contributed by atoms with Crippen LogP contribution in [-0.2, 0) is 18.6 Å². The summed E-state index contributed by atoms with van der Waals surface area (Å²) in [4.78, 5) is 15.1. The summed E-state index contributed by atoms with van der Waals surface area (Å²) < 4.78 is 42.4. The van der Waals surface area contributed by atoms with Gasteiger partial charge in [0.1, 0.15) is 11.1 Å². The number of amides is 1. The van der Waals surface area contributed by atoms with Gasteiger partial charge in [0.15, 0.2) is 0 Å². The molecule has 0 spiro atoms. The standard InChI is InChI=1S/C14H16ClFN2O4S/c15-23(20,21)11-8-14(19)18(9-11)10-1-2-13(12(16)7-10)17-3-5-22-6-4-17/h1-2,7,11H,3-6,8-9H2. The molecule has 2 aliphatic heterocycles. The Morgan fingerprint density at radius 2 is 1.96 bits per heavy atom. The third-order valence-electron chi connectivity index (χ3n) is 4.08. The summed E-state index contributed by atoms with van der Waals surface area (Å²) in [5.74, 6) is -0.827. The lowest BCUT2D eigenvalue weighted by atomic mass is 10.2. The molecule has 3 rings (SSSR count). The van der Waals surface area contributed by atoms with Crippen molar-refractivity contribution in [1.29, 1.82) is 0 Å². The van der Waals surface area contributed by atoms with E-state index in [1.807, 2.05) is 4.90 Å². The van der Waals surface area contributed by atoms with Crippen molar-refractivity contribution in [1.82, 2.24) is 0 Å². The molecule has 23 heavy (non-hydrogen) atoms. The highest BCUT2D eigenvalue weighted by Gasteiger charge is 2.38. The van der Waals surface area contributed by atoms with Crippen LogP contribution in [0.15, 0.2) is 18.2 Å². The van der Waals surface area contributed by atoms with Gasteiger partial charge in [-0.15, -0.1) is 0 Å². The summed E-state index contributed by atoms with van der Waals surface area (Å²) in [7, 11) is 1.50. The fraction of sp³-hybridized carbons (Fsp3) is 0.500. The smallest absolute Gasteiger partial charge is 0.237 e. The zero-order valence-electron chi connectivity index (χ0n) is 12.2. The molecule has 2 heterocycles. The lowest BCUT2D eigenvalue weighted by Gasteiger charge is -2.29. The molecule has 9 heteroatoms. The van der Waals surface area contributed by atoms with E-state index < -0.39 is 20.1 Å². The largest absolute Gasteiger partial charge is 0.378 e. The second kappa shape index (κ2) is 6.26. The zero-order chi connectivity index (χ0) is 16.6. The van der Waals surface area contributed by atoms with Gasteiger partial charge >= 0.3 is 0 Å². The van der Waals surface area contributed by atoms with Gasteiger partial charge in [-0.3, -0.25) is 4.79 Å². The Morgan fingerprint density at radius 1 is 1.26 bits per heavy atom. The summed E-state index contributed by atoms with van der Waals surface area (Å²) in [6, 6.07) is 4.48. The van der Waals surface area contributed by atoms with Gasteiger partial charge in [-0.2, -0.15) is 0 Å². The summed E-state index contributed by atoms with van der Waals surface area (Å²) >= 11 is 0. The van der Waals surface area contributed by atoms with Crippen LogP contribution in [0.3, 0.4) is 0 Å². The Hall–Kier alpha value is -1.38. The van der Waals surface area contributed by atoms with Crippen LogP contribution in [0, 0.1) is 5.82 Å². The molecule has 1 atom stereocenters. The number of halogens is 2. The number of nitrogens with zero attached hydrogens (tertiary/aromatic N) is 2. The van der Waals surface area contributed by atoms with E-state index >= 15 is 0 Å². The van der Waals surface area contributed by atoms with E-state index in [0.717, 1.165) is 0 Å². The van der Waals surface area contributed by atoms with E-state index in [1.165, 1.54) is 11.0 Å². The Kier molecular flexibility index (Phi) is 4.48. The van der Waals surface area contributed by atoms with Gasteiger partial charge in [0, 0.05) is 42.4 Å². The summed E-state index contributed by atoms with van der Waals surface area (Å²) in [6.45, 7) is 2.24. The van der Waals surface area contributed by atoms with Crippen LogP contribution in [0.2, 0.25) is 0 Å². The number of ether oxygens (including phenoxy) is 1. The van der Waals surface area contributed by atoms with Crippen molar-refractivity contribution in [2.24, 2.45) is 0 Å². The fourth-order valence-corrected chi connectivity index (χ4v) is 3.86. The first-order chi connectivity index (χ1) is 10.9. The summed E-state index contributed by atoms with van der Waals surface area (Å²) in [5, 5.41) is -0.960. The van der Waals surface area contributed by atoms with Crippen molar-refractivity contribution in [3.63, 3.8) is 0 Å². The molecule has 0 aromatic heterocycles. The average Bonchev–Trinajstić information content (AvgIpc) is 2.90. The summed E-state index contributed by atoms with van der Waals surface area (Å²) in [6.07, 6.45) is -0.182. The van der Waals surface area contributed by atoms with Gasteiger partial charge in [0.05, 0.1) is 18.9 Å². The molecule has 0 bridgehead atoms. The lowest BCUT2D eigenvalue weighted by Crippen LogP contribution is -2.36. The minimum absolute atomic E-state index is 0.0546. The molecule has 1 unspecified atom stereocenters. The van der Waals surface area contributed by atoms with Crippen molar-refractivity contribution in [2.45, 2.75) is 11.7 Å². The number of hydrogen-bond acceptors (Lipinski definition) is 5. The van der Waals surface area contributed by atoms with Crippen LogP contribution < -0.4 is 9.80 Å². The minimum Gasteiger partial charge on any atom is -0.378 e. The van der Waals surface area contributed by atoms with E-state index in [0.29, 0.717) is 37.7 Å². The first kappa shape index (κ1) is 16.5. The molecule has 126 valence electrons. The molecular weight excluding hydrogens is 347 g/mol. The van der Waals surface area contributed by atoms with E-state index in [1.54, 1.807) is 12.1 Å². The van der Waals surface area contributed by atoms with Crippen LogP contribution in [0.25, 0.3) is 0 Å². The maximum Gasteiger partial charge on any atom is 0.237 e. The maximum absolute atomic E-state index is 14.4. The van der Waals surface area contributed by atoms with Crippen molar-refractivity contribution >= 4 is 37.0 Å². The molecule has 0 N–H and O–H groups in total. The van der Waals surface area contributed by atoms with Crippen molar-refractivity contribution < 1.29 is 22.3 Å². The molecule has 6 nitrogen and oxygen atoms in total. The highest BCUT2D eigenvalue weighted by molar-refractivity contribution is 8.14. The number of morpholine rings is 1. The Bertz CT molecular complexity index is 721. The van der Waals surface area contributed by atoms with Crippen LogP contribution in [0.5, 0.6) is 0 Å².